The van der Waals surface area contributed by atoms with E-state index in [0.29, 0.717) is 16.8 Å². The van der Waals surface area contributed by atoms with Crippen molar-refractivity contribution in [3.8, 4) is 0 Å². The maximum absolute atomic E-state index is 14.1. The Balaban J connectivity index is 2.03. The number of carbonyl (C=O) groups is 1. The molecule has 0 aromatic rings. The molecule has 2 aliphatic rings. The number of alkyl halides is 2. The molecular formula is C14H20BrF2NO2Si. The third-order valence-electron chi connectivity index (χ3n) is 3.69. The molecule has 21 heavy (non-hydrogen) atoms. The highest BCUT2D eigenvalue weighted by atomic mass is 79.9. The number of allylic oxidation sites excluding steroid dienone is 4. The molecule has 0 N–H and O–H groups in total. The van der Waals surface area contributed by atoms with E-state index in [9.17, 15) is 13.6 Å². The molecule has 1 saturated heterocycles. The Morgan fingerprint density at radius 3 is 2.71 bits per heavy atom. The van der Waals surface area contributed by atoms with Gasteiger partial charge in [0.25, 0.3) is 5.91 Å². The van der Waals surface area contributed by atoms with Gasteiger partial charge in [0.05, 0.1) is 5.92 Å². The van der Waals surface area contributed by atoms with Crippen molar-refractivity contribution in [3.05, 3.63) is 22.3 Å². The number of hydrogen-bond acceptors (Lipinski definition) is 2. The summed E-state index contributed by atoms with van der Waals surface area (Å²) in [5.74, 6) is -5.58. The summed E-state index contributed by atoms with van der Waals surface area (Å²) in [5, 5.41) is 0. The third-order valence-corrected chi connectivity index (χ3v) is 5.98. The van der Waals surface area contributed by atoms with Crippen LogP contribution in [0.1, 0.15) is 6.42 Å². The van der Waals surface area contributed by atoms with Crippen LogP contribution in [-0.2, 0) is 9.53 Å². The molecule has 1 heterocycles. The number of likely N-dealkylation sites (tertiary alicyclic amines) is 1. The van der Waals surface area contributed by atoms with Crippen molar-refractivity contribution >= 4 is 29.9 Å². The van der Waals surface area contributed by atoms with Crippen LogP contribution >= 0.6 is 15.9 Å². The topological polar surface area (TPSA) is 29.5 Å². The number of nitrogens with zero attached hydrogens (tertiary/aromatic N) is 1. The van der Waals surface area contributed by atoms with Gasteiger partial charge in [0, 0.05) is 20.4 Å². The van der Waals surface area contributed by atoms with Crippen molar-refractivity contribution in [2.75, 3.05) is 13.3 Å². The lowest BCUT2D eigenvalue weighted by atomic mass is 9.94. The highest BCUT2D eigenvalue weighted by molar-refractivity contribution is 9.11. The minimum Gasteiger partial charge on any atom is -0.361 e. The molecule has 2 rings (SSSR count). The summed E-state index contributed by atoms with van der Waals surface area (Å²) in [5.41, 5.74) is 0.362. The minimum atomic E-state index is -3.35. The van der Waals surface area contributed by atoms with E-state index in [0.717, 1.165) is 10.9 Å². The van der Waals surface area contributed by atoms with Crippen molar-refractivity contribution in [1.29, 1.82) is 0 Å². The van der Waals surface area contributed by atoms with E-state index >= 15 is 0 Å². The van der Waals surface area contributed by atoms with Gasteiger partial charge in [-0.2, -0.15) is 8.78 Å². The first-order valence-corrected chi connectivity index (χ1v) is 11.5. The van der Waals surface area contributed by atoms with Crippen LogP contribution in [0.15, 0.2) is 22.3 Å². The highest BCUT2D eigenvalue weighted by Gasteiger charge is 2.59. The van der Waals surface area contributed by atoms with E-state index in [4.69, 9.17) is 4.74 Å². The zero-order valence-corrected chi connectivity index (χ0v) is 15.0. The van der Waals surface area contributed by atoms with Crippen LogP contribution in [0.25, 0.3) is 0 Å². The lowest BCUT2D eigenvalue weighted by molar-refractivity contribution is -0.154. The van der Waals surface area contributed by atoms with Crippen LogP contribution in [0.3, 0.4) is 0 Å². The average molecular weight is 380 g/mol. The first-order chi connectivity index (χ1) is 9.63. The van der Waals surface area contributed by atoms with Crippen LogP contribution in [0.2, 0.25) is 25.7 Å². The molecule has 1 fully saturated rings. The summed E-state index contributed by atoms with van der Waals surface area (Å²) in [7, 11) is -1.23. The number of halogens is 3. The number of carbonyl (C=O) groups excluding carboxylic acids is 1. The lowest BCUT2D eigenvalue weighted by Gasteiger charge is -2.22. The van der Waals surface area contributed by atoms with Gasteiger partial charge in [-0.05, 0) is 23.0 Å². The Hall–Kier alpha value is -0.533. The minimum absolute atomic E-state index is 0.0906. The molecule has 3 nitrogen and oxygen atoms in total. The largest absolute Gasteiger partial charge is 0.361 e. The van der Waals surface area contributed by atoms with Gasteiger partial charge < -0.3 is 4.74 Å². The van der Waals surface area contributed by atoms with Crippen molar-refractivity contribution in [3.63, 3.8) is 0 Å². The van der Waals surface area contributed by atoms with E-state index in [-0.39, 0.29) is 13.2 Å². The normalized spacial score (nSPS) is 24.8. The fourth-order valence-electron chi connectivity index (χ4n) is 2.37. The van der Waals surface area contributed by atoms with Gasteiger partial charge in [0.2, 0.25) is 0 Å². The van der Waals surface area contributed by atoms with E-state index in [2.05, 4.69) is 35.6 Å². The zero-order chi connectivity index (χ0) is 15.8. The first-order valence-electron chi connectivity index (χ1n) is 6.97. The average Bonchev–Trinajstić information content (AvgIpc) is 2.54. The third kappa shape index (κ3) is 3.63. The summed E-state index contributed by atoms with van der Waals surface area (Å²) < 4.78 is 34.3. The molecule has 0 saturated carbocycles. The van der Waals surface area contributed by atoms with Gasteiger partial charge in [-0.25, -0.2) is 0 Å². The second kappa shape index (κ2) is 5.93. The van der Waals surface area contributed by atoms with Crippen LogP contribution in [-0.4, -0.2) is 38.1 Å². The number of rotatable bonds is 5. The standard InChI is InChI=1S/C14H20BrF2NO2Si/c1-21(2,3)7-6-20-9-18-12-5-4-10(15)8-11(12)14(16,17)13(18)19/h4-5,11H,6-9H2,1-3H3. The molecule has 7 heteroatoms. The molecule has 0 radical (unpaired) electrons. The summed E-state index contributed by atoms with van der Waals surface area (Å²) >= 11 is 3.23. The fourth-order valence-corrected chi connectivity index (χ4v) is 3.58. The molecule has 0 aromatic heterocycles. The van der Waals surface area contributed by atoms with Gasteiger partial charge in [-0.3, -0.25) is 9.69 Å². The predicted molar refractivity (Wildman–Crippen MR) is 84.0 cm³/mol. The number of amides is 1. The molecule has 1 unspecified atom stereocenters. The molecule has 118 valence electrons. The lowest BCUT2D eigenvalue weighted by Crippen LogP contribution is -2.36. The molecule has 0 aromatic carbocycles. The van der Waals surface area contributed by atoms with Gasteiger partial charge in [0.1, 0.15) is 6.73 Å². The summed E-state index contributed by atoms with van der Waals surface area (Å²) in [6, 6.07) is 0.944. The van der Waals surface area contributed by atoms with Crippen molar-refractivity contribution < 1.29 is 18.3 Å². The molecular weight excluding hydrogens is 360 g/mol. The summed E-state index contributed by atoms with van der Waals surface area (Å²) in [6.45, 7) is 7.06. The Morgan fingerprint density at radius 1 is 1.43 bits per heavy atom. The Morgan fingerprint density at radius 2 is 2.10 bits per heavy atom. The van der Waals surface area contributed by atoms with E-state index < -0.39 is 25.8 Å². The molecule has 0 spiro atoms. The maximum atomic E-state index is 14.1. The quantitative estimate of drug-likeness (QED) is 0.534. The Bertz CT molecular complexity index is 500. The molecule has 1 atom stereocenters. The van der Waals surface area contributed by atoms with Gasteiger partial charge in [-0.15, -0.1) is 0 Å². The highest BCUT2D eigenvalue weighted by Crippen LogP contribution is 2.47. The Labute approximate surface area is 133 Å². The monoisotopic (exact) mass is 379 g/mol. The van der Waals surface area contributed by atoms with Crippen LogP contribution in [0, 0.1) is 5.92 Å². The fraction of sp³-hybridized carbons (Fsp3) is 0.643. The number of ether oxygens (including phenoxy) is 1. The van der Waals surface area contributed by atoms with Crippen LogP contribution < -0.4 is 0 Å². The van der Waals surface area contributed by atoms with E-state index in [1.54, 1.807) is 12.2 Å². The van der Waals surface area contributed by atoms with Gasteiger partial charge in [0.15, 0.2) is 0 Å². The maximum Gasteiger partial charge on any atom is 0.333 e. The van der Waals surface area contributed by atoms with Crippen LogP contribution in [0.5, 0.6) is 0 Å². The SMILES string of the molecule is C[Si](C)(C)CCOCN1C(=O)C(F)(F)C2CC(Br)=CC=C21. The van der Waals surface area contributed by atoms with Crippen molar-refractivity contribution in [2.45, 2.75) is 38.0 Å². The number of hydrogen-bond donors (Lipinski definition) is 0. The molecule has 1 amide bonds. The molecule has 1 aliphatic heterocycles. The predicted octanol–water partition coefficient (Wildman–Crippen LogP) is 3.96. The van der Waals surface area contributed by atoms with Gasteiger partial charge in [-0.1, -0.05) is 41.6 Å². The molecule has 0 bridgehead atoms. The van der Waals surface area contributed by atoms with Gasteiger partial charge >= 0.3 is 5.92 Å². The second-order valence-corrected chi connectivity index (χ2v) is 13.3. The molecule has 1 aliphatic carbocycles. The Kier molecular flexibility index (Phi) is 4.75. The summed E-state index contributed by atoms with van der Waals surface area (Å²) in [6.07, 6.45) is 3.45. The summed E-state index contributed by atoms with van der Waals surface area (Å²) in [4.78, 5) is 13.0. The smallest absolute Gasteiger partial charge is 0.333 e. The second-order valence-electron chi connectivity index (χ2n) is 6.67. The first kappa shape index (κ1) is 16.8. The van der Waals surface area contributed by atoms with Crippen LogP contribution in [0.4, 0.5) is 8.78 Å². The van der Waals surface area contributed by atoms with E-state index in [1.165, 1.54) is 0 Å². The zero-order valence-electron chi connectivity index (χ0n) is 12.5. The van der Waals surface area contributed by atoms with Crippen molar-refractivity contribution in [2.24, 2.45) is 5.92 Å². The number of fused-ring (bicyclic) bond motifs is 1. The van der Waals surface area contributed by atoms with E-state index in [1.807, 2.05) is 0 Å². The van der Waals surface area contributed by atoms with Crippen molar-refractivity contribution in [1.82, 2.24) is 4.90 Å².